The van der Waals surface area contributed by atoms with Gasteiger partial charge in [-0.1, -0.05) is 20.8 Å². The molecule has 0 fully saturated rings. The van der Waals surface area contributed by atoms with Gasteiger partial charge in [0.1, 0.15) is 0 Å². The van der Waals surface area contributed by atoms with Crippen molar-refractivity contribution >= 4 is 31.8 Å². The van der Waals surface area contributed by atoms with Gasteiger partial charge in [-0.05, 0) is 42.4 Å². The van der Waals surface area contributed by atoms with Crippen molar-refractivity contribution in [2.75, 3.05) is 4.90 Å². The summed E-state index contributed by atoms with van der Waals surface area (Å²) in [5.41, 5.74) is 0.847. The summed E-state index contributed by atoms with van der Waals surface area (Å²) in [6.45, 7) is 10.2. The summed E-state index contributed by atoms with van der Waals surface area (Å²) in [5, 5.41) is -0.0668. The summed E-state index contributed by atoms with van der Waals surface area (Å²) in [6.07, 6.45) is 2.45. The molecule has 1 heterocycles. The van der Waals surface area contributed by atoms with Gasteiger partial charge in [0.05, 0.1) is 11.3 Å². The number of carbonyl (C=O) groups is 3. The third kappa shape index (κ3) is 3.42. The normalized spacial score (nSPS) is 15.3. The largest absolute Gasteiger partial charge is 0.516 e. The van der Waals surface area contributed by atoms with Crippen molar-refractivity contribution in [1.82, 2.24) is 0 Å². The van der Waals surface area contributed by atoms with Crippen LogP contribution in [0.1, 0.15) is 31.1 Å². The highest BCUT2D eigenvalue weighted by atomic mass is 28.4. The summed E-state index contributed by atoms with van der Waals surface area (Å²) in [6, 6.07) is 6.30. The maximum atomic E-state index is 12.3. The fraction of sp³-hybridized carbons (Fsp3) is 0.353. The molecule has 0 spiro atoms. The molecule has 122 valence electrons. The molecular formula is C17H21NO4Si. The number of nitrogens with zero attached hydrogens (tertiary/aromatic N) is 1. The molecule has 0 N–H and O–H groups in total. The van der Waals surface area contributed by atoms with Crippen molar-refractivity contribution in [2.24, 2.45) is 0 Å². The predicted octanol–water partition coefficient (Wildman–Crippen LogP) is 3.28. The van der Waals surface area contributed by atoms with E-state index in [2.05, 4.69) is 20.8 Å². The van der Waals surface area contributed by atoms with E-state index in [4.69, 9.17) is 4.43 Å². The van der Waals surface area contributed by atoms with Crippen LogP contribution >= 0.6 is 0 Å². The van der Waals surface area contributed by atoms with Gasteiger partial charge in [0.25, 0.3) is 20.1 Å². The fourth-order valence-corrected chi connectivity index (χ4v) is 2.73. The minimum Gasteiger partial charge on any atom is -0.516 e. The number of anilines is 1. The summed E-state index contributed by atoms with van der Waals surface area (Å²) < 4.78 is 5.74. The van der Waals surface area contributed by atoms with E-state index in [-0.39, 0.29) is 22.8 Å². The highest BCUT2D eigenvalue weighted by Gasteiger charge is 2.40. The number of imide groups is 1. The maximum absolute atomic E-state index is 12.3. The Morgan fingerprint density at radius 1 is 1.00 bits per heavy atom. The first kappa shape index (κ1) is 17.1. The van der Waals surface area contributed by atoms with Crippen LogP contribution in [0.15, 0.2) is 36.4 Å². The van der Waals surface area contributed by atoms with Crippen LogP contribution in [0.4, 0.5) is 5.69 Å². The van der Waals surface area contributed by atoms with E-state index in [0.717, 1.165) is 4.90 Å². The lowest BCUT2D eigenvalue weighted by Gasteiger charge is -2.35. The average Bonchev–Trinajstić information content (AvgIpc) is 2.76. The Morgan fingerprint density at radius 2 is 1.48 bits per heavy atom. The first-order valence-electron chi connectivity index (χ1n) is 7.42. The Bertz CT molecular complexity index is 666. The second-order valence-corrected chi connectivity index (χ2v) is 11.8. The fourth-order valence-electron chi connectivity index (χ4n) is 1.85. The molecule has 1 aliphatic heterocycles. The Kier molecular flexibility index (Phi) is 4.30. The minimum atomic E-state index is -2.19. The molecule has 0 atom stereocenters. The molecule has 1 aromatic rings. The summed E-state index contributed by atoms with van der Waals surface area (Å²) in [4.78, 5) is 36.6. The highest BCUT2D eigenvalue weighted by molar-refractivity contribution is 6.75. The van der Waals surface area contributed by atoms with E-state index in [1.54, 1.807) is 24.3 Å². The van der Waals surface area contributed by atoms with Crippen molar-refractivity contribution in [3.8, 4) is 0 Å². The van der Waals surface area contributed by atoms with E-state index in [1.165, 1.54) is 12.2 Å². The first-order valence-corrected chi connectivity index (χ1v) is 10.3. The number of hydrogen-bond donors (Lipinski definition) is 0. The minimum absolute atomic E-state index is 0.0668. The average molecular weight is 331 g/mol. The zero-order valence-corrected chi connectivity index (χ0v) is 15.0. The van der Waals surface area contributed by atoms with Crippen LogP contribution in [0.25, 0.3) is 0 Å². The lowest BCUT2D eigenvalue weighted by molar-refractivity contribution is -0.119. The molecule has 0 aliphatic carbocycles. The highest BCUT2D eigenvalue weighted by Crippen LogP contribution is 2.37. The molecule has 0 saturated carbocycles. The van der Waals surface area contributed by atoms with Gasteiger partial charge in [-0.2, -0.15) is 0 Å². The number of rotatable bonds is 3. The Morgan fingerprint density at radius 3 is 1.91 bits per heavy atom. The molecule has 0 aromatic heterocycles. The molecule has 0 saturated heterocycles. The van der Waals surface area contributed by atoms with E-state index in [9.17, 15) is 14.4 Å². The quantitative estimate of drug-likeness (QED) is 0.630. The topological polar surface area (TPSA) is 63.7 Å². The SMILES string of the molecule is CC(C)(C)[Si](C)(C)OC(=O)c1ccc(N2C(=O)C=CC2=O)cc1. The summed E-state index contributed by atoms with van der Waals surface area (Å²) >= 11 is 0. The van der Waals surface area contributed by atoms with Gasteiger partial charge >= 0.3 is 5.97 Å². The second kappa shape index (κ2) is 5.77. The van der Waals surface area contributed by atoms with E-state index in [1.807, 2.05) is 13.1 Å². The van der Waals surface area contributed by atoms with Crippen LogP contribution in [-0.4, -0.2) is 26.1 Å². The van der Waals surface area contributed by atoms with Crippen LogP contribution < -0.4 is 4.90 Å². The Hall–Kier alpha value is -2.21. The lowest BCUT2D eigenvalue weighted by atomic mass is 10.2. The van der Waals surface area contributed by atoms with Crippen molar-refractivity contribution in [3.05, 3.63) is 42.0 Å². The molecule has 0 bridgehead atoms. The van der Waals surface area contributed by atoms with Crippen LogP contribution in [0.3, 0.4) is 0 Å². The zero-order chi connectivity index (χ0) is 17.4. The lowest BCUT2D eigenvalue weighted by Crippen LogP contribution is -2.42. The van der Waals surface area contributed by atoms with E-state index in [0.29, 0.717) is 11.3 Å². The molecular weight excluding hydrogens is 310 g/mol. The Balaban J connectivity index is 2.16. The van der Waals surface area contributed by atoms with Crippen LogP contribution in [0, 0.1) is 0 Å². The van der Waals surface area contributed by atoms with Gasteiger partial charge in [0, 0.05) is 12.2 Å². The van der Waals surface area contributed by atoms with Gasteiger partial charge in [0.2, 0.25) is 0 Å². The zero-order valence-electron chi connectivity index (χ0n) is 14.0. The first-order chi connectivity index (χ1) is 10.5. The maximum Gasteiger partial charge on any atom is 0.324 e. The van der Waals surface area contributed by atoms with Gasteiger partial charge in [-0.25, -0.2) is 9.69 Å². The van der Waals surface area contributed by atoms with E-state index < -0.39 is 8.32 Å². The molecule has 6 heteroatoms. The molecule has 5 nitrogen and oxygen atoms in total. The van der Waals surface area contributed by atoms with Crippen LogP contribution in [-0.2, 0) is 14.0 Å². The van der Waals surface area contributed by atoms with Crippen molar-refractivity contribution in [1.29, 1.82) is 0 Å². The van der Waals surface area contributed by atoms with Crippen LogP contribution in [0.5, 0.6) is 0 Å². The predicted molar refractivity (Wildman–Crippen MR) is 90.7 cm³/mol. The van der Waals surface area contributed by atoms with Crippen LogP contribution in [0.2, 0.25) is 18.1 Å². The molecule has 2 rings (SSSR count). The molecule has 1 aliphatic rings. The molecule has 1 aromatic carbocycles. The monoisotopic (exact) mass is 331 g/mol. The van der Waals surface area contributed by atoms with Gasteiger partial charge < -0.3 is 4.43 Å². The summed E-state index contributed by atoms with van der Waals surface area (Å²) in [5.74, 6) is -1.14. The van der Waals surface area contributed by atoms with E-state index >= 15 is 0 Å². The third-order valence-electron chi connectivity index (χ3n) is 4.32. The van der Waals surface area contributed by atoms with Gasteiger partial charge in [0.15, 0.2) is 0 Å². The molecule has 0 unspecified atom stereocenters. The van der Waals surface area contributed by atoms with Crippen molar-refractivity contribution in [3.63, 3.8) is 0 Å². The van der Waals surface area contributed by atoms with Crippen molar-refractivity contribution in [2.45, 2.75) is 38.9 Å². The summed E-state index contributed by atoms with van der Waals surface area (Å²) in [7, 11) is -2.19. The number of hydrogen-bond acceptors (Lipinski definition) is 4. The molecule has 2 amide bonds. The second-order valence-electron chi connectivity index (χ2n) is 7.04. The smallest absolute Gasteiger partial charge is 0.324 e. The molecule has 0 radical (unpaired) electrons. The van der Waals surface area contributed by atoms with Crippen molar-refractivity contribution < 1.29 is 18.8 Å². The Labute approximate surface area is 137 Å². The third-order valence-corrected chi connectivity index (χ3v) is 8.63. The standard InChI is InChI=1S/C17H21NO4Si/c1-17(2,3)23(4,5)22-16(21)12-6-8-13(9-7-12)18-14(19)10-11-15(18)20/h6-11H,1-5H3. The number of benzene rings is 1. The number of amides is 2. The van der Waals surface area contributed by atoms with Gasteiger partial charge in [-0.3, -0.25) is 9.59 Å². The van der Waals surface area contributed by atoms with Gasteiger partial charge in [-0.15, -0.1) is 0 Å². The molecule has 23 heavy (non-hydrogen) atoms. The number of carbonyl (C=O) groups excluding carboxylic acids is 3.